The van der Waals surface area contributed by atoms with E-state index in [-0.39, 0.29) is 27.1 Å². The first kappa shape index (κ1) is 18.1. The summed E-state index contributed by atoms with van der Waals surface area (Å²) < 4.78 is 3.66. The summed E-state index contributed by atoms with van der Waals surface area (Å²) >= 11 is 1.21. The molecule has 27 heavy (non-hydrogen) atoms. The van der Waals surface area contributed by atoms with Crippen LogP contribution in [0.2, 0.25) is 0 Å². The molecule has 0 saturated carbocycles. The Morgan fingerprint density at radius 1 is 0.926 bits per heavy atom. The van der Waals surface area contributed by atoms with E-state index in [1.807, 2.05) is 30.3 Å². The molecule has 1 N–H and O–H groups in total. The molecule has 1 heterocycles. The van der Waals surface area contributed by atoms with Crippen LogP contribution >= 0.6 is 11.3 Å². The molecule has 0 aliphatic carbocycles. The molecule has 134 valence electrons. The average molecular weight is 485 g/mol. The second kappa shape index (κ2) is 7.78. The molecule has 3 aromatic carbocycles. The molecule has 0 spiro atoms. The molecule has 3 nitrogen and oxygen atoms in total. The third-order valence-corrected chi connectivity index (χ3v) is 7.65. The number of aryl methyl sites for hydroxylation is 2. The first-order valence-electron chi connectivity index (χ1n) is 8.57. The normalized spacial score (nSPS) is 10.9. The van der Waals surface area contributed by atoms with Crippen molar-refractivity contribution in [3.8, 4) is 0 Å². The number of carbonyl (C=O) groups excluding carboxylic acids is 1. The molecule has 0 saturated heterocycles. The van der Waals surface area contributed by atoms with Crippen molar-refractivity contribution in [3.63, 3.8) is 0 Å². The minimum Gasteiger partial charge on any atom is -0.298 e. The number of aromatic nitrogens is 1. The zero-order chi connectivity index (χ0) is 18.8. The van der Waals surface area contributed by atoms with E-state index in [0.717, 1.165) is 10.2 Å². The van der Waals surface area contributed by atoms with Gasteiger partial charge in [0, 0.05) is 11.6 Å². The van der Waals surface area contributed by atoms with E-state index >= 15 is 0 Å². The van der Waals surface area contributed by atoms with Crippen LogP contribution in [0, 0.1) is 21.0 Å². The molecule has 4 rings (SSSR count). The van der Waals surface area contributed by atoms with Gasteiger partial charge in [-0.05, 0) is 55.8 Å². The first-order chi connectivity index (χ1) is 13.1. The third-order valence-electron chi connectivity index (χ3n) is 4.08. The number of amides is 1. The number of thiazole rings is 1. The summed E-state index contributed by atoms with van der Waals surface area (Å²) in [6.07, 6.45) is 0. The van der Waals surface area contributed by atoms with Crippen molar-refractivity contribution in [1.29, 1.82) is 0 Å². The van der Waals surface area contributed by atoms with Crippen LogP contribution in [0.1, 0.15) is 21.5 Å². The zero-order valence-electron chi connectivity index (χ0n) is 15.0. The average Bonchev–Trinajstić information content (AvgIpc) is 3.05. The SMILES string of the molecule is Cc1ccc([I+]c2cccc(C(=O)Nc3nc4ccc(C)cc4s3)c2)cc1. The van der Waals surface area contributed by atoms with Crippen LogP contribution in [0.4, 0.5) is 5.13 Å². The van der Waals surface area contributed by atoms with Crippen LogP contribution in [0.5, 0.6) is 0 Å². The Balaban J connectivity index is 1.51. The molecule has 0 fully saturated rings. The highest BCUT2D eigenvalue weighted by atomic mass is 127. The number of halogens is 1. The lowest BCUT2D eigenvalue weighted by Crippen LogP contribution is -3.61. The number of nitrogens with zero attached hydrogens (tertiary/aromatic N) is 1. The fourth-order valence-corrected chi connectivity index (χ4v) is 5.94. The molecule has 0 aliphatic heterocycles. The van der Waals surface area contributed by atoms with Gasteiger partial charge in [0.15, 0.2) is 12.3 Å². The Hall–Kier alpha value is -2.25. The highest BCUT2D eigenvalue weighted by Gasteiger charge is 2.18. The molecule has 0 unspecified atom stereocenters. The Morgan fingerprint density at radius 2 is 1.70 bits per heavy atom. The maximum absolute atomic E-state index is 12.7. The summed E-state index contributed by atoms with van der Waals surface area (Å²) in [7, 11) is 0. The van der Waals surface area contributed by atoms with E-state index < -0.39 is 0 Å². The molecule has 1 aromatic heterocycles. The van der Waals surface area contributed by atoms with E-state index in [4.69, 9.17) is 0 Å². The van der Waals surface area contributed by atoms with Crippen molar-refractivity contribution in [1.82, 2.24) is 4.98 Å². The third kappa shape index (κ3) is 4.36. The van der Waals surface area contributed by atoms with Crippen molar-refractivity contribution in [3.05, 3.63) is 90.6 Å². The standard InChI is InChI=1S/C22H17IN2OS/c1-14-6-9-17(10-7-14)23-18-5-3-4-16(13-18)21(26)25-22-24-19-11-8-15(2)12-20(19)27-22/h3-13H,1-2H3/p+1. The number of benzene rings is 3. The van der Waals surface area contributed by atoms with Gasteiger partial charge >= 0.3 is 21.2 Å². The zero-order valence-corrected chi connectivity index (χ0v) is 18.0. The van der Waals surface area contributed by atoms with Gasteiger partial charge in [-0.25, -0.2) is 4.98 Å². The fraction of sp³-hybridized carbons (Fsp3) is 0.0909. The lowest BCUT2D eigenvalue weighted by atomic mass is 10.2. The second-order valence-electron chi connectivity index (χ2n) is 6.34. The molecule has 5 heteroatoms. The van der Waals surface area contributed by atoms with E-state index in [2.05, 4.69) is 60.5 Å². The van der Waals surface area contributed by atoms with E-state index in [0.29, 0.717) is 10.7 Å². The van der Waals surface area contributed by atoms with Crippen LogP contribution in [0.15, 0.2) is 66.7 Å². The van der Waals surface area contributed by atoms with Crippen LogP contribution < -0.4 is 26.5 Å². The van der Waals surface area contributed by atoms with Gasteiger partial charge in [-0.2, -0.15) is 0 Å². The van der Waals surface area contributed by atoms with Gasteiger partial charge in [-0.15, -0.1) is 0 Å². The number of carbonyl (C=O) groups is 1. The van der Waals surface area contributed by atoms with E-state index in [1.54, 1.807) is 0 Å². The van der Waals surface area contributed by atoms with Crippen molar-refractivity contribution in [2.75, 3.05) is 5.32 Å². The van der Waals surface area contributed by atoms with Gasteiger partial charge < -0.3 is 0 Å². The monoisotopic (exact) mass is 485 g/mol. The maximum atomic E-state index is 12.7. The van der Waals surface area contributed by atoms with Gasteiger partial charge in [0.1, 0.15) is 0 Å². The molecule has 0 bridgehead atoms. The molecule has 0 radical (unpaired) electrons. The lowest BCUT2D eigenvalue weighted by molar-refractivity contribution is -0.597. The summed E-state index contributed by atoms with van der Waals surface area (Å²) in [6.45, 7) is 4.15. The van der Waals surface area contributed by atoms with Crippen molar-refractivity contribution in [2.45, 2.75) is 13.8 Å². The first-order valence-corrected chi connectivity index (χ1v) is 11.5. The number of hydrogen-bond acceptors (Lipinski definition) is 3. The van der Waals surface area contributed by atoms with Gasteiger partial charge in [0.25, 0.3) is 5.91 Å². The van der Waals surface area contributed by atoms with E-state index in [9.17, 15) is 4.79 Å². The molecule has 4 aromatic rings. The highest BCUT2D eigenvalue weighted by molar-refractivity contribution is 7.22. The number of hydrogen-bond donors (Lipinski definition) is 1. The van der Waals surface area contributed by atoms with Crippen LogP contribution in [-0.4, -0.2) is 10.9 Å². The fourth-order valence-electron chi connectivity index (χ4n) is 2.67. The Bertz CT molecular complexity index is 1120. The van der Waals surface area contributed by atoms with Crippen molar-refractivity contribution in [2.24, 2.45) is 0 Å². The van der Waals surface area contributed by atoms with Crippen LogP contribution in [0.3, 0.4) is 0 Å². The molecule has 0 atom stereocenters. The number of anilines is 1. The number of fused-ring (bicyclic) bond motifs is 1. The predicted molar refractivity (Wildman–Crippen MR) is 107 cm³/mol. The van der Waals surface area contributed by atoms with Gasteiger partial charge in [0.05, 0.1) is 10.2 Å². The van der Waals surface area contributed by atoms with Crippen molar-refractivity contribution >= 4 is 32.6 Å². The summed E-state index contributed by atoms with van der Waals surface area (Å²) in [5, 5.41) is 3.58. The summed E-state index contributed by atoms with van der Waals surface area (Å²) in [5.74, 6) is -0.111. The van der Waals surface area contributed by atoms with Gasteiger partial charge in [0.2, 0.25) is 0 Å². The quantitative estimate of drug-likeness (QED) is 0.451. The number of nitrogens with one attached hydrogen (secondary N) is 1. The van der Waals surface area contributed by atoms with E-state index in [1.165, 1.54) is 29.6 Å². The van der Waals surface area contributed by atoms with Crippen LogP contribution in [0.25, 0.3) is 10.2 Å². The summed E-state index contributed by atoms with van der Waals surface area (Å²) in [4.78, 5) is 17.2. The second-order valence-corrected chi connectivity index (χ2v) is 10.4. The Kier molecular flexibility index (Phi) is 5.22. The molecular formula is C22H18IN2OS+. The minimum absolute atomic E-state index is 0.111. The minimum atomic E-state index is -0.300. The topological polar surface area (TPSA) is 42.0 Å². The highest BCUT2D eigenvalue weighted by Crippen LogP contribution is 2.26. The maximum Gasteiger partial charge on any atom is 0.357 e. The Labute approximate surface area is 172 Å². The number of rotatable bonds is 4. The smallest absolute Gasteiger partial charge is 0.298 e. The molecule has 0 aliphatic rings. The largest absolute Gasteiger partial charge is 0.357 e. The summed E-state index contributed by atoms with van der Waals surface area (Å²) in [6, 6.07) is 22.7. The molecule has 1 amide bonds. The Morgan fingerprint density at radius 3 is 2.52 bits per heavy atom. The van der Waals surface area contributed by atoms with Crippen LogP contribution in [-0.2, 0) is 0 Å². The lowest BCUT2D eigenvalue weighted by Gasteiger charge is -2.00. The molecular weight excluding hydrogens is 467 g/mol. The predicted octanol–water partition coefficient (Wildman–Crippen LogP) is 2.29. The van der Waals surface area contributed by atoms with Gasteiger partial charge in [-0.3, -0.25) is 10.1 Å². The summed E-state index contributed by atoms with van der Waals surface area (Å²) in [5.41, 5.74) is 4.05. The van der Waals surface area contributed by atoms with Crippen molar-refractivity contribution < 1.29 is 26.0 Å². The van der Waals surface area contributed by atoms with Gasteiger partial charge in [-0.1, -0.05) is 41.2 Å².